The summed E-state index contributed by atoms with van der Waals surface area (Å²) in [5.41, 5.74) is 0. The number of carboxylic acids is 1. The van der Waals surface area contributed by atoms with E-state index in [1.807, 2.05) is 6.92 Å². The third-order valence-electron chi connectivity index (χ3n) is 3.23. The highest BCUT2D eigenvalue weighted by molar-refractivity contribution is 5.70. The number of carbonyl (C=O) groups is 1. The molecule has 0 aromatic heterocycles. The topological polar surface area (TPSA) is 58.6 Å². The molecule has 2 atom stereocenters. The quantitative estimate of drug-likeness (QED) is 0.619. The molecule has 0 heterocycles. The molecule has 1 rings (SSSR count). The smallest absolute Gasteiger partial charge is 0.306 e. The molecule has 1 saturated carbocycles. The van der Waals surface area contributed by atoms with E-state index in [0.29, 0.717) is 5.92 Å². The van der Waals surface area contributed by atoms with Gasteiger partial charge in [-0.05, 0) is 45.2 Å². The number of carboxylic acid groups (broad SMARTS) is 1. The minimum Gasteiger partial charge on any atom is -0.481 e. The number of ether oxygens (including phenoxy) is 1. The number of aliphatic carboxylic acids is 1. The Hall–Kier alpha value is -0.610. The highest BCUT2D eigenvalue weighted by Crippen LogP contribution is 2.31. The van der Waals surface area contributed by atoms with E-state index in [1.165, 1.54) is 0 Å². The van der Waals surface area contributed by atoms with Crippen molar-refractivity contribution in [2.75, 3.05) is 26.3 Å². The van der Waals surface area contributed by atoms with Crippen LogP contribution in [-0.2, 0) is 9.53 Å². The Kier molecular flexibility index (Phi) is 6.42. The maximum atomic E-state index is 10.9. The van der Waals surface area contributed by atoms with Crippen LogP contribution in [0.5, 0.6) is 0 Å². The van der Waals surface area contributed by atoms with Gasteiger partial charge in [0.1, 0.15) is 0 Å². The van der Waals surface area contributed by atoms with Gasteiger partial charge in [-0.3, -0.25) is 4.79 Å². The number of nitrogens with one attached hydrogen (secondary N) is 1. The SMILES string of the molecule is CCOCCCNCC1CCCC1C(=O)O. The van der Waals surface area contributed by atoms with Crippen molar-refractivity contribution in [1.82, 2.24) is 5.32 Å². The van der Waals surface area contributed by atoms with E-state index < -0.39 is 5.97 Å². The minimum absolute atomic E-state index is 0.126. The number of rotatable bonds is 8. The van der Waals surface area contributed by atoms with Gasteiger partial charge in [-0.2, -0.15) is 0 Å². The molecule has 0 aromatic carbocycles. The fraction of sp³-hybridized carbons (Fsp3) is 0.917. The normalized spacial score (nSPS) is 24.8. The van der Waals surface area contributed by atoms with E-state index in [4.69, 9.17) is 9.84 Å². The van der Waals surface area contributed by atoms with Gasteiger partial charge in [0, 0.05) is 13.2 Å². The average molecular weight is 229 g/mol. The molecule has 16 heavy (non-hydrogen) atoms. The lowest BCUT2D eigenvalue weighted by atomic mass is 9.96. The van der Waals surface area contributed by atoms with Gasteiger partial charge in [0.15, 0.2) is 0 Å². The molecular weight excluding hydrogens is 206 g/mol. The van der Waals surface area contributed by atoms with Gasteiger partial charge in [0.2, 0.25) is 0 Å². The first-order valence-corrected chi connectivity index (χ1v) is 6.27. The fourth-order valence-corrected chi connectivity index (χ4v) is 2.34. The zero-order valence-corrected chi connectivity index (χ0v) is 10.1. The lowest BCUT2D eigenvalue weighted by molar-refractivity contribution is -0.142. The van der Waals surface area contributed by atoms with Crippen LogP contribution in [0.2, 0.25) is 0 Å². The average Bonchev–Trinajstić information content (AvgIpc) is 2.71. The molecular formula is C12H23NO3. The monoisotopic (exact) mass is 229 g/mol. The Bertz CT molecular complexity index is 208. The fourth-order valence-electron chi connectivity index (χ4n) is 2.34. The van der Waals surface area contributed by atoms with Crippen LogP contribution < -0.4 is 5.32 Å². The van der Waals surface area contributed by atoms with Gasteiger partial charge in [0.25, 0.3) is 0 Å². The Morgan fingerprint density at radius 1 is 1.50 bits per heavy atom. The number of hydrogen-bond acceptors (Lipinski definition) is 3. The molecule has 0 aromatic rings. The summed E-state index contributed by atoms with van der Waals surface area (Å²) in [6, 6.07) is 0. The zero-order chi connectivity index (χ0) is 11.8. The van der Waals surface area contributed by atoms with E-state index in [9.17, 15) is 4.79 Å². The van der Waals surface area contributed by atoms with Crippen molar-refractivity contribution in [3.05, 3.63) is 0 Å². The van der Waals surface area contributed by atoms with E-state index in [-0.39, 0.29) is 5.92 Å². The van der Waals surface area contributed by atoms with Crippen LogP contribution in [0, 0.1) is 11.8 Å². The molecule has 2 N–H and O–H groups in total. The predicted octanol–water partition coefficient (Wildman–Crippen LogP) is 1.50. The molecule has 0 bridgehead atoms. The van der Waals surface area contributed by atoms with Crippen LogP contribution in [0.4, 0.5) is 0 Å². The summed E-state index contributed by atoms with van der Waals surface area (Å²) in [5.74, 6) is -0.428. The Morgan fingerprint density at radius 3 is 3.00 bits per heavy atom. The highest BCUT2D eigenvalue weighted by atomic mass is 16.5. The Morgan fingerprint density at radius 2 is 2.31 bits per heavy atom. The number of hydrogen-bond donors (Lipinski definition) is 2. The molecule has 1 aliphatic carbocycles. The van der Waals surface area contributed by atoms with Gasteiger partial charge >= 0.3 is 5.97 Å². The van der Waals surface area contributed by atoms with Crippen LogP contribution in [0.15, 0.2) is 0 Å². The molecule has 94 valence electrons. The molecule has 0 aliphatic heterocycles. The first kappa shape index (κ1) is 13.5. The first-order valence-electron chi connectivity index (χ1n) is 6.27. The Labute approximate surface area is 97.4 Å². The highest BCUT2D eigenvalue weighted by Gasteiger charge is 2.32. The summed E-state index contributed by atoms with van der Waals surface area (Å²) in [7, 11) is 0. The van der Waals surface area contributed by atoms with Gasteiger partial charge in [-0.25, -0.2) is 0 Å². The van der Waals surface area contributed by atoms with Gasteiger partial charge in [0.05, 0.1) is 5.92 Å². The second-order valence-corrected chi connectivity index (χ2v) is 4.39. The third kappa shape index (κ3) is 4.49. The van der Waals surface area contributed by atoms with Crippen LogP contribution in [0.1, 0.15) is 32.6 Å². The molecule has 2 unspecified atom stereocenters. The molecule has 0 radical (unpaired) electrons. The summed E-state index contributed by atoms with van der Waals surface area (Å²) in [5, 5.41) is 12.3. The van der Waals surface area contributed by atoms with E-state index >= 15 is 0 Å². The van der Waals surface area contributed by atoms with Gasteiger partial charge in [-0.15, -0.1) is 0 Å². The summed E-state index contributed by atoms with van der Waals surface area (Å²) in [4.78, 5) is 10.9. The maximum Gasteiger partial charge on any atom is 0.306 e. The summed E-state index contributed by atoms with van der Waals surface area (Å²) in [6.45, 7) is 5.30. The van der Waals surface area contributed by atoms with E-state index in [2.05, 4.69) is 5.32 Å². The van der Waals surface area contributed by atoms with E-state index in [0.717, 1.165) is 52.0 Å². The molecule has 0 saturated heterocycles. The van der Waals surface area contributed by atoms with Crippen LogP contribution in [0.25, 0.3) is 0 Å². The third-order valence-corrected chi connectivity index (χ3v) is 3.23. The summed E-state index contributed by atoms with van der Waals surface area (Å²) >= 11 is 0. The lowest BCUT2D eigenvalue weighted by Gasteiger charge is -2.16. The molecule has 1 aliphatic rings. The second kappa shape index (κ2) is 7.63. The minimum atomic E-state index is -0.626. The van der Waals surface area contributed by atoms with Crippen molar-refractivity contribution in [3.8, 4) is 0 Å². The van der Waals surface area contributed by atoms with Crippen LogP contribution >= 0.6 is 0 Å². The molecule has 4 heteroatoms. The van der Waals surface area contributed by atoms with Crippen molar-refractivity contribution < 1.29 is 14.6 Å². The summed E-state index contributed by atoms with van der Waals surface area (Å²) < 4.78 is 5.23. The standard InChI is InChI=1S/C12H23NO3/c1-2-16-8-4-7-13-9-10-5-3-6-11(10)12(14)15/h10-11,13H,2-9H2,1H3,(H,14,15). The van der Waals surface area contributed by atoms with Crippen molar-refractivity contribution in [2.24, 2.45) is 11.8 Å². The Balaban J connectivity index is 2.05. The maximum absolute atomic E-state index is 10.9. The van der Waals surface area contributed by atoms with Crippen LogP contribution in [-0.4, -0.2) is 37.4 Å². The van der Waals surface area contributed by atoms with Crippen LogP contribution in [0.3, 0.4) is 0 Å². The van der Waals surface area contributed by atoms with Gasteiger partial charge < -0.3 is 15.2 Å². The van der Waals surface area contributed by atoms with Crippen molar-refractivity contribution in [1.29, 1.82) is 0 Å². The van der Waals surface area contributed by atoms with Gasteiger partial charge in [-0.1, -0.05) is 6.42 Å². The zero-order valence-electron chi connectivity index (χ0n) is 10.1. The molecule has 1 fully saturated rings. The lowest BCUT2D eigenvalue weighted by Crippen LogP contribution is -2.29. The van der Waals surface area contributed by atoms with Crippen molar-refractivity contribution in [2.45, 2.75) is 32.6 Å². The first-order chi connectivity index (χ1) is 7.75. The molecule has 0 spiro atoms. The second-order valence-electron chi connectivity index (χ2n) is 4.39. The molecule has 0 amide bonds. The van der Waals surface area contributed by atoms with Crippen molar-refractivity contribution >= 4 is 5.97 Å². The predicted molar refractivity (Wildman–Crippen MR) is 62.4 cm³/mol. The van der Waals surface area contributed by atoms with Crippen molar-refractivity contribution in [3.63, 3.8) is 0 Å². The summed E-state index contributed by atoms with van der Waals surface area (Å²) in [6.07, 6.45) is 3.95. The van der Waals surface area contributed by atoms with E-state index in [1.54, 1.807) is 0 Å². The molecule has 4 nitrogen and oxygen atoms in total. The largest absolute Gasteiger partial charge is 0.481 e.